The topological polar surface area (TPSA) is 79.4 Å². The number of benzene rings is 4. The van der Waals surface area contributed by atoms with Crippen LogP contribution in [0.2, 0.25) is 0 Å². The summed E-state index contributed by atoms with van der Waals surface area (Å²) in [6.07, 6.45) is 4.23. The molecule has 1 aromatic heterocycles. The summed E-state index contributed by atoms with van der Waals surface area (Å²) in [6.45, 7) is 0.0999. The molecule has 2 heterocycles. The average Bonchev–Trinajstić information content (AvgIpc) is 3.00. The molecule has 0 aliphatic carbocycles. The molecule has 0 fully saturated rings. The molecule has 1 N–H and O–H groups in total. The third kappa shape index (κ3) is 5.40. The van der Waals surface area contributed by atoms with Crippen LogP contribution in [-0.2, 0) is 27.8 Å². The Balaban J connectivity index is 1.41. The van der Waals surface area contributed by atoms with Gasteiger partial charge in [0.1, 0.15) is 0 Å². The molecule has 6 rings (SSSR count). The van der Waals surface area contributed by atoms with Crippen molar-refractivity contribution in [1.82, 2.24) is 4.98 Å². The zero-order valence-electron chi connectivity index (χ0n) is 22.1. The van der Waals surface area contributed by atoms with Gasteiger partial charge in [0.25, 0.3) is 15.9 Å². The molecule has 1 aliphatic heterocycles. The van der Waals surface area contributed by atoms with Crippen LogP contribution in [0.3, 0.4) is 0 Å². The summed E-state index contributed by atoms with van der Waals surface area (Å²) in [6, 6.07) is 37.3. The maximum absolute atomic E-state index is 14.4. The Kier molecular flexibility index (Phi) is 7.18. The lowest BCUT2D eigenvalue weighted by Gasteiger charge is -2.33. The fourth-order valence-electron chi connectivity index (χ4n) is 5.07. The molecule has 0 saturated heterocycles. The third-order valence-corrected chi connectivity index (χ3v) is 8.84. The smallest absolute Gasteiger partial charge is 0.270 e. The summed E-state index contributed by atoms with van der Waals surface area (Å²) >= 11 is 0. The quantitative estimate of drug-likeness (QED) is 0.250. The number of carbonyl (C=O) groups excluding carboxylic acids is 1. The van der Waals surface area contributed by atoms with Gasteiger partial charge < -0.3 is 5.32 Å². The average molecular weight is 558 g/mol. The van der Waals surface area contributed by atoms with E-state index < -0.39 is 15.9 Å². The standard InChI is InChI=1S/C34H27N3O3S/c38-34(36-29-17-15-25(16-18-29)23-26-19-21-35-22-20-26)33-32(28-11-5-2-6-12-28)30-13-7-8-14-31(30)37(41(33,39)40)24-27-9-3-1-4-10-27/h1-22H,23-24H2,(H,36,38). The Morgan fingerprint density at radius 1 is 0.683 bits per heavy atom. The molecule has 1 aliphatic rings. The predicted molar refractivity (Wildman–Crippen MR) is 163 cm³/mol. The van der Waals surface area contributed by atoms with Crippen LogP contribution in [0.4, 0.5) is 11.4 Å². The number of nitrogens with one attached hydrogen (secondary N) is 1. The predicted octanol–water partition coefficient (Wildman–Crippen LogP) is 6.42. The van der Waals surface area contributed by atoms with Gasteiger partial charge in [0, 0.05) is 29.2 Å². The highest BCUT2D eigenvalue weighted by molar-refractivity contribution is 7.97. The zero-order valence-corrected chi connectivity index (χ0v) is 23.0. The van der Waals surface area contributed by atoms with Crippen molar-refractivity contribution in [3.8, 4) is 0 Å². The van der Waals surface area contributed by atoms with Crippen LogP contribution in [0.1, 0.15) is 27.8 Å². The molecule has 1 amide bonds. The summed E-state index contributed by atoms with van der Waals surface area (Å²) in [5, 5.41) is 2.86. The second-order valence-electron chi connectivity index (χ2n) is 9.77. The van der Waals surface area contributed by atoms with Crippen LogP contribution in [0.15, 0.2) is 139 Å². The van der Waals surface area contributed by atoms with Crippen LogP contribution in [0, 0.1) is 0 Å². The summed E-state index contributed by atoms with van der Waals surface area (Å²) < 4.78 is 30.0. The Morgan fingerprint density at radius 2 is 1.29 bits per heavy atom. The lowest BCUT2D eigenvalue weighted by atomic mass is 9.95. The summed E-state index contributed by atoms with van der Waals surface area (Å²) in [5.41, 5.74) is 5.77. The first kappa shape index (κ1) is 26.2. The number of aromatic nitrogens is 1. The van der Waals surface area contributed by atoms with Gasteiger partial charge in [0.05, 0.1) is 12.2 Å². The molecule has 0 bridgehead atoms. The lowest BCUT2D eigenvalue weighted by Crippen LogP contribution is -2.39. The second-order valence-corrected chi connectivity index (χ2v) is 11.6. The van der Waals surface area contributed by atoms with E-state index in [1.54, 1.807) is 30.6 Å². The molecule has 41 heavy (non-hydrogen) atoms. The second kappa shape index (κ2) is 11.2. The first-order valence-corrected chi connectivity index (χ1v) is 14.7. The SMILES string of the molecule is O=C(Nc1ccc(Cc2ccncc2)cc1)C1=C(c2ccccc2)c2ccccc2N(Cc2ccccc2)S1(=O)=O. The van der Waals surface area contributed by atoms with Crippen LogP contribution in [0.5, 0.6) is 0 Å². The molecule has 0 atom stereocenters. The number of para-hydroxylation sites is 1. The van der Waals surface area contributed by atoms with Gasteiger partial charge in [-0.3, -0.25) is 14.1 Å². The Bertz CT molecular complexity index is 1820. The van der Waals surface area contributed by atoms with Gasteiger partial charge in [-0.05, 0) is 59.0 Å². The number of hydrogen-bond acceptors (Lipinski definition) is 4. The van der Waals surface area contributed by atoms with Crippen molar-refractivity contribution in [2.45, 2.75) is 13.0 Å². The van der Waals surface area contributed by atoms with E-state index in [9.17, 15) is 13.2 Å². The highest BCUT2D eigenvalue weighted by Gasteiger charge is 2.41. The maximum atomic E-state index is 14.4. The lowest BCUT2D eigenvalue weighted by molar-refractivity contribution is -0.112. The Labute approximate surface area is 239 Å². The van der Waals surface area contributed by atoms with Crippen molar-refractivity contribution in [1.29, 1.82) is 0 Å². The van der Waals surface area contributed by atoms with Crippen molar-refractivity contribution in [2.24, 2.45) is 0 Å². The van der Waals surface area contributed by atoms with E-state index in [1.165, 1.54) is 4.31 Å². The van der Waals surface area contributed by atoms with Gasteiger partial charge in [-0.2, -0.15) is 0 Å². The molecule has 4 aromatic carbocycles. The summed E-state index contributed by atoms with van der Waals surface area (Å²) in [5.74, 6) is -0.682. The number of sulfonamides is 1. The molecule has 7 heteroatoms. The number of fused-ring (bicyclic) bond motifs is 1. The number of nitrogens with zero attached hydrogens (tertiary/aromatic N) is 2. The number of carbonyl (C=O) groups is 1. The van der Waals surface area contributed by atoms with E-state index in [2.05, 4.69) is 10.3 Å². The normalized spacial score (nSPS) is 13.9. The van der Waals surface area contributed by atoms with E-state index in [0.29, 0.717) is 28.1 Å². The van der Waals surface area contributed by atoms with E-state index in [1.807, 2.05) is 103 Å². The van der Waals surface area contributed by atoms with E-state index in [0.717, 1.165) is 23.1 Å². The van der Waals surface area contributed by atoms with Crippen LogP contribution >= 0.6 is 0 Å². The van der Waals surface area contributed by atoms with E-state index in [-0.39, 0.29) is 11.4 Å². The van der Waals surface area contributed by atoms with Crippen LogP contribution < -0.4 is 9.62 Å². The highest BCUT2D eigenvalue weighted by Crippen LogP contribution is 2.43. The molecule has 0 radical (unpaired) electrons. The molecule has 0 spiro atoms. The third-order valence-electron chi connectivity index (χ3n) is 7.02. The molecular formula is C34H27N3O3S. The minimum atomic E-state index is -4.25. The molecule has 0 saturated carbocycles. The summed E-state index contributed by atoms with van der Waals surface area (Å²) in [4.78, 5) is 17.7. The fourth-order valence-corrected chi connectivity index (χ4v) is 6.79. The number of amides is 1. The van der Waals surface area contributed by atoms with E-state index >= 15 is 0 Å². The van der Waals surface area contributed by atoms with Gasteiger partial charge in [0.15, 0.2) is 4.91 Å². The number of anilines is 2. The van der Waals surface area contributed by atoms with Gasteiger partial charge in [0.2, 0.25) is 0 Å². The molecule has 202 valence electrons. The van der Waals surface area contributed by atoms with Crippen molar-refractivity contribution < 1.29 is 13.2 Å². The largest absolute Gasteiger partial charge is 0.321 e. The van der Waals surface area contributed by atoms with Gasteiger partial charge in [-0.1, -0.05) is 91.0 Å². The van der Waals surface area contributed by atoms with Gasteiger partial charge in [-0.25, -0.2) is 8.42 Å². The van der Waals surface area contributed by atoms with Crippen LogP contribution in [-0.4, -0.2) is 19.3 Å². The van der Waals surface area contributed by atoms with Gasteiger partial charge >= 0.3 is 0 Å². The Hall–Kier alpha value is -5.01. The monoisotopic (exact) mass is 557 g/mol. The van der Waals surface area contributed by atoms with Crippen molar-refractivity contribution >= 4 is 32.9 Å². The summed E-state index contributed by atoms with van der Waals surface area (Å²) in [7, 11) is -4.25. The fraction of sp³-hybridized carbons (Fsp3) is 0.0588. The Morgan fingerprint density at radius 3 is 2.00 bits per heavy atom. The highest BCUT2D eigenvalue weighted by atomic mass is 32.2. The molecule has 6 nitrogen and oxygen atoms in total. The minimum Gasteiger partial charge on any atom is -0.321 e. The van der Waals surface area contributed by atoms with Crippen molar-refractivity contribution in [3.63, 3.8) is 0 Å². The number of rotatable bonds is 7. The van der Waals surface area contributed by atoms with Crippen molar-refractivity contribution in [2.75, 3.05) is 9.62 Å². The molecule has 0 unspecified atom stereocenters. The first-order valence-electron chi connectivity index (χ1n) is 13.3. The van der Waals surface area contributed by atoms with E-state index in [4.69, 9.17) is 0 Å². The van der Waals surface area contributed by atoms with Gasteiger partial charge in [-0.15, -0.1) is 0 Å². The minimum absolute atomic E-state index is 0.0999. The zero-order chi connectivity index (χ0) is 28.2. The molecule has 5 aromatic rings. The molecular weight excluding hydrogens is 530 g/mol. The first-order chi connectivity index (χ1) is 20.0. The maximum Gasteiger partial charge on any atom is 0.270 e. The van der Waals surface area contributed by atoms with Crippen LogP contribution in [0.25, 0.3) is 5.57 Å². The number of hydrogen-bond donors (Lipinski definition) is 1. The van der Waals surface area contributed by atoms with Crippen molar-refractivity contribution in [3.05, 3.63) is 166 Å². The number of pyridine rings is 1.